The van der Waals surface area contributed by atoms with Crippen LogP contribution in [-0.4, -0.2) is 5.78 Å². The minimum Gasteiger partial charge on any atom is -0.293 e. The largest absolute Gasteiger partial charge is 0.293 e. The van der Waals surface area contributed by atoms with Crippen molar-refractivity contribution in [2.75, 3.05) is 0 Å². The molecular weight excluding hydrogens is 768 g/mol. The molecule has 0 fully saturated rings. The Morgan fingerprint density at radius 1 is 0.566 bits per heavy atom. The molecule has 0 atom stereocenters. The lowest BCUT2D eigenvalue weighted by Crippen LogP contribution is -1.98. The van der Waals surface area contributed by atoms with Crippen molar-refractivity contribution in [1.82, 2.24) is 0 Å². The topological polar surface area (TPSA) is 17.1 Å². The Morgan fingerprint density at radius 2 is 1.15 bits per heavy atom. The molecule has 0 saturated heterocycles. The molecule has 0 spiro atoms. The predicted octanol–water partition coefficient (Wildman–Crippen LogP) is 16.8. The van der Waals surface area contributed by atoms with Gasteiger partial charge in [0.25, 0.3) is 0 Å². The number of fused-ring (bicyclic) bond motifs is 3. The molecule has 0 aliphatic carbocycles. The molecule has 6 heterocycles. The van der Waals surface area contributed by atoms with E-state index in [0.717, 1.165) is 50.6 Å². The van der Waals surface area contributed by atoms with E-state index in [1.165, 1.54) is 72.6 Å². The summed E-state index contributed by atoms with van der Waals surface area (Å²) in [6.45, 7) is 6.51. The lowest BCUT2D eigenvalue weighted by atomic mass is 9.99. The second-order valence-corrected chi connectivity index (χ2v) is 20.2. The number of thiophene rings is 6. The number of carbonyl (C=O) groups excluding carboxylic acids is 1. The molecule has 9 rings (SSSR count). The van der Waals surface area contributed by atoms with Gasteiger partial charge in [0.15, 0.2) is 11.6 Å². The Labute approximate surface area is 332 Å². The zero-order valence-electron chi connectivity index (χ0n) is 29.5. The van der Waals surface area contributed by atoms with Gasteiger partial charge in [-0.05, 0) is 67.8 Å². The Hall–Kier alpha value is -3.76. The standard InChI is InChI=1S/C45H35FOS6/c1-4-5-6-13-18-31(47)43-39(46)38-40(28-16-11-8-12-17-28)52-44(45(38)53-43)35-24-30-37(33-22-20-26(3)49-33)41-29(23-34(50-41)27-14-9-7-10-15-27)36(42(30)51-35)32-21-19-25(2)48-32/h7-12,14-17,19-24H,4-6,13,18H2,1-3H3. The van der Waals surface area contributed by atoms with E-state index in [-0.39, 0.29) is 16.5 Å². The molecule has 264 valence electrons. The lowest BCUT2D eigenvalue weighted by Gasteiger charge is -2.09. The van der Waals surface area contributed by atoms with E-state index in [1.54, 1.807) is 11.3 Å². The van der Waals surface area contributed by atoms with Crippen LogP contribution in [0.3, 0.4) is 0 Å². The molecule has 0 saturated carbocycles. The SMILES string of the molecule is CCCCCCC(=O)c1sc2c(-c3cc4c(-c5ccc(C)s5)c5sc(-c6ccccc6)cc5c(-c5ccc(C)s5)c4s3)sc(-c3ccccc3)c2c1F. The summed E-state index contributed by atoms with van der Waals surface area (Å²) in [6, 6.07) is 34.5. The average molecular weight is 803 g/mol. The van der Waals surface area contributed by atoms with Gasteiger partial charge in [0.05, 0.1) is 9.58 Å². The van der Waals surface area contributed by atoms with Crippen molar-refractivity contribution >= 4 is 104 Å². The molecule has 0 aliphatic rings. The first-order valence-electron chi connectivity index (χ1n) is 18.0. The number of hydrogen-bond donors (Lipinski definition) is 0. The van der Waals surface area contributed by atoms with Crippen molar-refractivity contribution in [2.24, 2.45) is 0 Å². The number of halogens is 1. The molecule has 3 aromatic carbocycles. The summed E-state index contributed by atoms with van der Waals surface area (Å²) in [5.41, 5.74) is 4.75. The zero-order chi connectivity index (χ0) is 36.2. The number of carbonyl (C=O) groups is 1. The highest BCUT2D eigenvalue weighted by molar-refractivity contribution is 7.33. The lowest BCUT2D eigenvalue weighted by molar-refractivity contribution is 0.0979. The Morgan fingerprint density at radius 3 is 1.74 bits per heavy atom. The van der Waals surface area contributed by atoms with E-state index >= 15 is 4.39 Å². The van der Waals surface area contributed by atoms with E-state index < -0.39 is 0 Å². The van der Waals surface area contributed by atoms with E-state index in [9.17, 15) is 4.79 Å². The van der Waals surface area contributed by atoms with E-state index in [4.69, 9.17) is 0 Å². The molecule has 0 aliphatic heterocycles. The minimum atomic E-state index is -0.355. The van der Waals surface area contributed by atoms with Crippen molar-refractivity contribution in [2.45, 2.75) is 52.9 Å². The van der Waals surface area contributed by atoms with Crippen LogP contribution in [0.25, 0.3) is 81.8 Å². The maximum Gasteiger partial charge on any atom is 0.175 e. The first kappa shape index (κ1) is 35.0. The average Bonchev–Trinajstić information content (AvgIpc) is 4.03. The normalized spacial score (nSPS) is 11.8. The van der Waals surface area contributed by atoms with E-state index in [2.05, 4.69) is 99.6 Å². The summed E-state index contributed by atoms with van der Waals surface area (Å²) >= 11 is 10.4. The quantitative estimate of drug-likeness (QED) is 0.0940. The maximum absolute atomic E-state index is 16.6. The third-order valence-corrected chi connectivity index (χ3v) is 16.9. The van der Waals surface area contributed by atoms with Gasteiger partial charge in [-0.3, -0.25) is 4.79 Å². The fourth-order valence-corrected chi connectivity index (χ4v) is 14.5. The number of rotatable bonds is 11. The molecule has 6 aromatic heterocycles. The van der Waals surface area contributed by atoms with Gasteiger partial charge in [-0.2, -0.15) is 0 Å². The molecule has 0 bridgehead atoms. The molecule has 1 nitrogen and oxygen atoms in total. The molecule has 8 heteroatoms. The van der Waals surface area contributed by atoms with Crippen molar-refractivity contribution in [3.63, 3.8) is 0 Å². The van der Waals surface area contributed by atoms with Gasteiger partial charge in [0, 0.05) is 77.2 Å². The zero-order valence-corrected chi connectivity index (χ0v) is 34.4. The molecule has 0 unspecified atom stereocenters. The Kier molecular flexibility index (Phi) is 9.55. The van der Waals surface area contributed by atoms with E-state index in [0.29, 0.717) is 11.8 Å². The summed E-state index contributed by atoms with van der Waals surface area (Å²) in [5.74, 6) is -0.433. The summed E-state index contributed by atoms with van der Waals surface area (Å²) < 4.78 is 20.1. The van der Waals surface area contributed by atoms with Crippen LogP contribution in [-0.2, 0) is 0 Å². The van der Waals surface area contributed by atoms with Gasteiger partial charge in [-0.1, -0.05) is 86.8 Å². The number of Topliss-reactive ketones (excluding diaryl/α,β-unsaturated/α-hetero) is 1. The number of unbranched alkanes of at least 4 members (excludes halogenated alkanes) is 3. The Balaban J connectivity index is 1.32. The molecule has 0 N–H and O–H groups in total. The van der Waals surface area contributed by atoms with Crippen LogP contribution >= 0.6 is 68.0 Å². The summed E-state index contributed by atoms with van der Waals surface area (Å²) in [4.78, 5) is 23.2. The van der Waals surface area contributed by atoms with Crippen LogP contribution in [0.2, 0.25) is 0 Å². The second-order valence-electron chi connectivity index (χ2n) is 13.5. The highest BCUT2D eigenvalue weighted by Gasteiger charge is 2.29. The molecule has 0 amide bonds. The summed E-state index contributed by atoms with van der Waals surface area (Å²) in [6.07, 6.45) is 4.37. The first-order chi connectivity index (χ1) is 25.9. The Bertz CT molecular complexity index is 2670. The minimum absolute atomic E-state index is 0.0775. The van der Waals surface area contributed by atoms with Gasteiger partial charge >= 0.3 is 0 Å². The third kappa shape index (κ3) is 6.27. The smallest absolute Gasteiger partial charge is 0.175 e. The maximum atomic E-state index is 16.6. The highest BCUT2D eigenvalue weighted by atomic mass is 32.1. The number of aryl methyl sites for hydroxylation is 2. The van der Waals surface area contributed by atoms with Crippen molar-refractivity contribution in [3.8, 4) is 51.5 Å². The second kappa shape index (κ2) is 14.5. The van der Waals surface area contributed by atoms with Crippen LogP contribution in [0.5, 0.6) is 0 Å². The van der Waals surface area contributed by atoms with Gasteiger partial charge in [0.2, 0.25) is 0 Å². The van der Waals surface area contributed by atoms with Gasteiger partial charge < -0.3 is 0 Å². The predicted molar refractivity (Wildman–Crippen MR) is 236 cm³/mol. The summed E-state index contributed by atoms with van der Waals surface area (Å²) in [5, 5.41) is 3.10. The van der Waals surface area contributed by atoms with Crippen molar-refractivity contribution in [3.05, 3.63) is 118 Å². The monoisotopic (exact) mass is 802 g/mol. The van der Waals surface area contributed by atoms with Gasteiger partial charge in [-0.25, -0.2) is 4.39 Å². The van der Waals surface area contributed by atoms with Crippen LogP contribution in [0.1, 0.15) is 58.5 Å². The first-order valence-corrected chi connectivity index (χ1v) is 22.8. The van der Waals surface area contributed by atoms with Crippen LogP contribution in [0.4, 0.5) is 4.39 Å². The molecule has 0 radical (unpaired) electrons. The fourth-order valence-electron chi connectivity index (χ4n) is 7.19. The van der Waals surface area contributed by atoms with E-state index in [1.807, 2.05) is 63.5 Å². The summed E-state index contributed by atoms with van der Waals surface area (Å²) in [7, 11) is 0. The number of hydrogen-bond acceptors (Lipinski definition) is 7. The number of benzene rings is 3. The molecular formula is C45H35FOS6. The highest BCUT2D eigenvalue weighted by Crippen LogP contribution is 2.57. The van der Waals surface area contributed by atoms with Crippen LogP contribution in [0.15, 0.2) is 97.1 Å². The molecule has 53 heavy (non-hydrogen) atoms. The number of ketones is 1. The molecule has 9 aromatic rings. The van der Waals surface area contributed by atoms with Gasteiger partial charge in [0.1, 0.15) is 4.88 Å². The van der Waals surface area contributed by atoms with Crippen LogP contribution < -0.4 is 0 Å². The van der Waals surface area contributed by atoms with Gasteiger partial charge in [-0.15, -0.1) is 68.0 Å². The van der Waals surface area contributed by atoms with Crippen LogP contribution in [0, 0.1) is 19.7 Å². The van der Waals surface area contributed by atoms with Crippen molar-refractivity contribution in [1.29, 1.82) is 0 Å². The third-order valence-electron chi connectivity index (χ3n) is 9.75. The fraction of sp³-hybridized carbons (Fsp3) is 0.178. The van der Waals surface area contributed by atoms with Crippen molar-refractivity contribution < 1.29 is 9.18 Å².